The molecule has 1 aromatic carbocycles. The molecule has 1 aliphatic rings. The number of nitriles is 1. The Morgan fingerprint density at radius 2 is 2.33 bits per heavy atom. The zero-order valence-corrected chi connectivity index (χ0v) is 13.6. The van der Waals surface area contributed by atoms with Crippen LogP contribution in [0.2, 0.25) is 0 Å². The molecule has 1 aromatic heterocycles. The summed E-state index contributed by atoms with van der Waals surface area (Å²) in [5.74, 6) is 2.47. The number of fused-ring (bicyclic) bond motifs is 1. The van der Waals surface area contributed by atoms with Gasteiger partial charge < -0.3 is 4.57 Å². The molecule has 0 radical (unpaired) electrons. The lowest BCUT2D eigenvalue weighted by Crippen LogP contribution is -2.18. The van der Waals surface area contributed by atoms with Gasteiger partial charge in [-0.15, -0.1) is 11.6 Å². The first-order valence-corrected chi connectivity index (χ1v) is 8.95. The number of alkyl halides is 1. The van der Waals surface area contributed by atoms with Crippen molar-refractivity contribution in [2.45, 2.75) is 43.4 Å². The van der Waals surface area contributed by atoms with E-state index in [-0.39, 0.29) is 0 Å². The van der Waals surface area contributed by atoms with Crippen LogP contribution in [0, 0.1) is 11.3 Å². The van der Waals surface area contributed by atoms with E-state index in [0.717, 1.165) is 22.6 Å². The molecule has 1 saturated carbocycles. The highest BCUT2D eigenvalue weighted by Crippen LogP contribution is 2.41. The lowest BCUT2D eigenvalue weighted by molar-refractivity contribution is 0.527. The van der Waals surface area contributed by atoms with E-state index in [0.29, 0.717) is 22.7 Å². The van der Waals surface area contributed by atoms with E-state index >= 15 is 0 Å². The Labute approximate surface area is 134 Å². The van der Waals surface area contributed by atoms with E-state index in [4.69, 9.17) is 16.9 Å². The number of benzene rings is 1. The van der Waals surface area contributed by atoms with E-state index in [9.17, 15) is 0 Å². The van der Waals surface area contributed by atoms with E-state index in [1.165, 1.54) is 19.3 Å². The van der Waals surface area contributed by atoms with E-state index < -0.39 is 0 Å². The minimum Gasteiger partial charge on any atom is -0.323 e. The second kappa shape index (κ2) is 6.29. The number of hydrogen-bond donors (Lipinski definition) is 0. The molecular formula is C16H18ClN3S. The molecule has 2 atom stereocenters. The zero-order valence-electron chi connectivity index (χ0n) is 12.1. The first-order valence-electron chi connectivity index (χ1n) is 7.37. The van der Waals surface area contributed by atoms with E-state index in [2.05, 4.69) is 22.5 Å². The molecular weight excluding hydrogens is 302 g/mol. The largest absolute Gasteiger partial charge is 0.323 e. The van der Waals surface area contributed by atoms with Gasteiger partial charge in [0.25, 0.3) is 0 Å². The SMILES string of the molecule is CCSC1CCCC1n1c(CCl)nc2ccc(C#N)cc21. The van der Waals surface area contributed by atoms with Gasteiger partial charge in [0.2, 0.25) is 0 Å². The molecule has 0 spiro atoms. The lowest BCUT2D eigenvalue weighted by atomic mass is 10.2. The number of hydrogen-bond acceptors (Lipinski definition) is 3. The first kappa shape index (κ1) is 14.7. The van der Waals surface area contributed by atoms with Crippen LogP contribution in [0.4, 0.5) is 0 Å². The molecule has 2 unspecified atom stereocenters. The van der Waals surface area contributed by atoms with Crippen molar-refractivity contribution in [2.24, 2.45) is 0 Å². The fourth-order valence-corrected chi connectivity index (χ4v) is 4.72. The number of rotatable bonds is 4. The Hall–Kier alpha value is -1.18. The third-order valence-corrected chi connectivity index (χ3v) is 5.69. The van der Waals surface area contributed by atoms with Crippen LogP contribution < -0.4 is 0 Å². The van der Waals surface area contributed by atoms with Crippen molar-refractivity contribution in [3.63, 3.8) is 0 Å². The summed E-state index contributed by atoms with van der Waals surface area (Å²) in [6.45, 7) is 2.21. The monoisotopic (exact) mass is 319 g/mol. The molecule has 0 aliphatic heterocycles. The second-order valence-corrected chi connectivity index (χ2v) is 7.12. The molecule has 1 fully saturated rings. The average Bonchev–Trinajstić information content (AvgIpc) is 3.10. The van der Waals surface area contributed by atoms with Crippen LogP contribution in [-0.4, -0.2) is 20.6 Å². The maximum absolute atomic E-state index is 9.14. The van der Waals surface area contributed by atoms with Gasteiger partial charge in [0.05, 0.1) is 28.5 Å². The van der Waals surface area contributed by atoms with Gasteiger partial charge in [0.1, 0.15) is 5.82 Å². The third kappa shape index (κ3) is 2.65. The molecule has 0 N–H and O–H groups in total. The van der Waals surface area contributed by atoms with Gasteiger partial charge >= 0.3 is 0 Å². The van der Waals surface area contributed by atoms with Crippen LogP contribution in [0.15, 0.2) is 18.2 Å². The topological polar surface area (TPSA) is 41.6 Å². The molecule has 2 aromatic rings. The predicted octanol–water partition coefficient (Wildman–Crippen LogP) is 4.49. The number of nitrogens with zero attached hydrogens (tertiary/aromatic N) is 3. The summed E-state index contributed by atoms with van der Waals surface area (Å²) in [5, 5.41) is 9.77. The number of halogens is 1. The smallest absolute Gasteiger partial charge is 0.125 e. The number of thioether (sulfide) groups is 1. The molecule has 0 saturated heterocycles. The predicted molar refractivity (Wildman–Crippen MR) is 88.8 cm³/mol. The van der Waals surface area contributed by atoms with Crippen molar-refractivity contribution >= 4 is 34.4 Å². The van der Waals surface area contributed by atoms with Gasteiger partial charge in [-0.3, -0.25) is 0 Å². The highest BCUT2D eigenvalue weighted by atomic mass is 35.5. The van der Waals surface area contributed by atoms with Gasteiger partial charge in [-0.1, -0.05) is 13.3 Å². The second-order valence-electron chi connectivity index (χ2n) is 5.34. The lowest BCUT2D eigenvalue weighted by Gasteiger charge is -2.23. The Morgan fingerprint density at radius 3 is 3.05 bits per heavy atom. The molecule has 1 heterocycles. The van der Waals surface area contributed by atoms with Crippen molar-refractivity contribution in [2.75, 3.05) is 5.75 Å². The molecule has 3 rings (SSSR count). The van der Waals surface area contributed by atoms with Gasteiger partial charge in [-0.05, 0) is 36.8 Å². The fourth-order valence-electron chi connectivity index (χ4n) is 3.29. The first-order chi connectivity index (χ1) is 10.3. The van der Waals surface area contributed by atoms with Crippen molar-refractivity contribution in [1.82, 2.24) is 9.55 Å². The van der Waals surface area contributed by atoms with Gasteiger partial charge in [0, 0.05) is 11.3 Å². The maximum Gasteiger partial charge on any atom is 0.125 e. The molecule has 110 valence electrons. The summed E-state index contributed by atoms with van der Waals surface area (Å²) in [5.41, 5.74) is 2.68. The van der Waals surface area contributed by atoms with E-state index in [1.807, 2.05) is 30.0 Å². The van der Waals surface area contributed by atoms with Crippen molar-refractivity contribution < 1.29 is 0 Å². The minimum absolute atomic E-state index is 0.413. The highest BCUT2D eigenvalue weighted by molar-refractivity contribution is 7.99. The van der Waals surface area contributed by atoms with Crippen LogP contribution in [0.1, 0.15) is 43.6 Å². The van der Waals surface area contributed by atoms with Crippen molar-refractivity contribution in [3.05, 3.63) is 29.6 Å². The van der Waals surface area contributed by atoms with Crippen LogP contribution in [0.3, 0.4) is 0 Å². The van der Waals surface area contributed by atoms with Crippen LogP contribution in [-0.2, 0) is 5.88 Å². The number of imidazole rings is 1. The van der Waals surface area contributed by atoms with Gasteiger partial charge in [0.15, 0.2) is 0 Å². The Morgan fingerprint density at radius 1 is 1.48 bits per heavy atom. The molecule has 0 bridgehead atoms. The summed E-state index contributed by atoms with van der Waals surface area (Å²) in [6.07, 6.45) is 3.67. The van der Waals surface area contributed by atoms with E-state index in [1.54, 1.807) is 0 Å². The van der Waals surface area contributed by atoms with Crippen molar-refractivity contribution in [3.8, 4) is 6.07 Å². The normalized spacial score (nSPS) is 21.8. The van der Waals surface area contributed by atoms with Crippen LogP contribution in [0.25, 0.3) is 11.0 Å². The van der Waals surface area contributed by atoms with Crippen molar-refractivity contribution in [1.29, 1.82) is 5.26 Å². The average molecular weight is 320 g/mol. The molecule has 0 amide bonds. The third-order valence-electron chi connectivity index (χ3n) is 4.14. The minimum atomic E-state index is 0.413. The highest BCUT2D eigenvalue weighted by Gasteiger charge is 2.31. The van der Waals surface area contributed by atoms with Gasteiger partial charge in [-0.25, -0.2) is 4.98 Å². The Balaban J connectivity index is 2.13. The molecule has 3 nitrogen and oxygen atoms in total. The van der Waals surface area contributed by atoms with Crippen LogP contribution >= 0.6 is 23.4 Å². The summed E-state index contributed by atoms with van der Waals surface area (Å²) in [7, 11) is 0. The summed E-state index contributed by atoms with van der Waals surface area (Å²) < 4.78 is 2.30. The fraction of sp³-hybridized carbons (Fsp3) is 0.500. The van der Waals surface area contributed by atoms with Gasteiger partial charge in [-0.2, -0.15) is 17.0 Å². The molecule has 21 heavy (non-hydrogen) atoms. The summed E-state index contributed by atoms with van der Waals surface area (Å²) in [4.78, 5) is 4.66. The quantitative estimate of drug-likeness (QED) is 0.779. The maximum atomic E-state index is 9.14. The Bertz CT molecular complexity index is 689. The standard InChI is InChI=1S/C16H18ClN3S/c1-2-21-15-5-3-4-13(15)20-14-8-11(10-18)6-7-12(14)19-16(20)9-17/h6-8,13,15H,2-5,9H2,1H3. The molecule has 1 aliphatic carbocycles. The summed E-state index contributed by atoms with van der Waals surface area (Å²) in [6, 6.07) is 8.37. The number of aromatic nitrogens is 2. The van der Waals surface area contributed by atoms with Crippen LogP contribution in [0.5, 0.6) is 0 Å². The Kier molecular flexibility index (Phi) is 4.42. The zero-order chi connectivity index (χ0) is 14.8. The molecule has 5 heteroatoms. The summed E-state index contributed by atoms with van der Waals surface area (Å²) >= 11 is 8.15.